The number of carbonyl (C=O) groups is 1. The van der Waals surface area contributed by atoms with Gasteiger partial charge in [-0.1, -0.05) is 18.2 Å². The summed E-state index contributed by atoms with van der Waals surface area (Å²) in [7, 11) is 1.11. The number of rotatable bonds is 3. The third-order valence-electron chi connectivity index (χ3n) is 3.15. The third kappa shape index (κ3) is 3.31. The minimum atomic E-state index is -4.52. The van der Waals surface area contributed by atoms with Crippen molar-refractivity contribution in [3.05, 3.63) is 63.7 Å². The normalized spacial score (nSPS) is 11.1. The highest BCUT2D eigenvalue weighted by Crippen LogP contribution is 2.36. The molecule has 2 rings (SSSR count). The maximum Gasteiger partial charge on any atom is 0.416 e. The number of methoxy groups -OCH3 is 1. The maximum atomic E-state index is 12.6. The topological polar surface area (TPSA) is 69.4 Å². The summed E-state index contributed by atoms with van der Waals surface area (Å²) < 4.78 is 42.4. The molecule has 0 fully saturated rings. The average Bonchev–Trinajstić information content (AvgIpc) is 2.52. The van der Waals surface area contributed by atoms with Crippen LogP contribution >= 0.6 is 0 Å². The van der Waals surface area contributed by atoms with Gasteiger partial charge in [-0.15, -0.1) is 0 Å². The molecule has 120 valence electrons. The Hall–Kier alpha value is -2.90. The van der Waals surface area contributed by atoms with Gasteiger partial charge in [0.25, 0.3) is 5.69 Å². The lowest BCUT2D eigenvalue weighted by molar-refractivity contribution is -0.384. The molecule has 2 aromatic rings. The van der Waals surface area contributed by atoms with E-state index in [9.17, 15) is 28.1 Å². The molecule has 0 amide bonds. The highest BCUT2D eigenvalue weighted by Gasteiger charge is 2.31. The molecule has 0 unspecified atom stereocenters. The van der Waals surface area contributed by atoms with E-state index >= 15 is 0 Å². The van der Waals surface area contributed by atoms with Crippen LogP contribution in [0.5, 0.6) is 0 Å². The summed E-state index contributed by atoms with van der Waals surface area (Å²) in [6, 6.07) is 7.54. The number of halogens is 3. The van der Waals surface area contributed by atoms with E-state index in [-0.39, 0.29) is 16.7 Å². The Kier molecular flexibility index (Phi) is 4.35. The first-order chi connectivity index (χ1) is 10.8. The Morgan fingerprint density at radius 3 is 2.22 bits per heavy atom. The Morgan fingerprint density at radius 2 is 1.74 bits per heavy atom. The molecule has 2 aromatic carbocycles. The number of alkyl halides is 3. The van der Waals surface area contributed by atoms with Crippen molar-refractivity contribution in [3.63, 3.8) is 0 Å². The zero-order valence-corrected chi connectivity index (χ0v) is 11.8. The van der Waals surface area contributed by atoms with Crippen LogP contribution in [-0.4, -0.2) is 18.0 Å². The number of nitro benzene ring substituents is 1. The molecule has 0 saturated heterocycles. The predicted molar refractivity (Wildman–Crippen MR) is 74.9 cm³/mol. The molecule has 0 aliphatic rings. The van der Waals surface area contributed by atoms with Gasteiger partial charge in [0.2, 0.25) is 0 Å². The van der Waals surface area contributed by atoms with Crippen LogP contribution in [0.15, 0.2) is 42.5 Å². The van der Waals surface area contributed by atoms with Gasteiger partial charge in [0, 0.05) is 6.07 Å². The van der Waals surface area contributed by atoms with Crippen molar-refractivity contribution in [1.29, 1.82) is 0 Å². The summed E-state index contributed by atoms with van der Waals surface area (Å²) in [6.07, 6.45) is -4.52. The van der Waals surface area contributed by atoms with Gasteiger partial charge in [0.05, 0.1) is 28.7 Å². The quantitative estimate of drug-likeness (QED) is 0.484. The second kappa shape index (κ2) is 6.07. The van der Waals surface area contributed by atoms with Gasteiger partial charge in [0.1, 0.15) is 0 Å². The molecular formula is C15H10F3NO4. The number of carbonyl (C=O) groups excluding carboxylic acids is 1. The van der Waals surface area contributed by atoms with Crippen LogP contribution in [0.1, 0.15) is 15.9 Å². The fourth-order valence-corrected chi connectivity index (χ4v) is 2.10. The van der Waals surface area contributed by atoms with E-state index < -0.39 is 28.3 Å². The van der Waals surface area contributed by atoms with Gasteiger partial charge >= 0.3 is 12.1 Å². The number of hydrogen-bond donors (Lipinski definition) is 0. The standard InChI is InChI=1S/C15H10F3NO4/c1-23-14(20)11-3-2-4-12(19(21)22)13(11)9-5-7-10(8-6-9)15(16,17)18/h2-8H,1H3. The molecular weight excluding hydrogens is 315 g/mol. The van der Waals surface area contributed by atoms with Crippen LogP contribution in [-0.2, 0) is 10.9 Å². The minimum Gasteiger partial charge on any atom is -0.465 e. The van der Waals surface area contributed by atoms with E-state index in [0.29, 0.717) is 0 Å². The SMILES string of the molecule is COC(=O)c1cccc([N+](=O)[O-])c1-c1ccc(C(F)(F)F)cc1. The Morgan fingerprint density at radius 1 is 1.13 bits per heavy atom. The second-order valence-corrected chi connectivity index (χ2v) is 4.52. The summed E-state index contributed by atoms with van der Waals surface area (Å²) in [5.41, 5.74) is -1.35. The predicted octanol–water partition coefficient (Wildman–Crippen LogP) is 4.07. The van der Waals surface area contributed by atoms with E-state index in [0.717, 1.165) is 31.4 Å². The Bertz CT molecular complexity index is 754. The molecule has 0 heterocycles. The van der Waals surface area contributed by atoms with Gasteiger partial charge in [0.15, 0.2) is 0 Å². The highest BCUT2D eigenvalue weighted by atomic mass is 19.4. The summed E-state index contributed by atoms with van der Waals surface area (Å²) >= 11 is 0. The van der Waals surface area contributed by atoms with Crippen molar-refractivity contribution < 1.29 is 27.6 Å². The van der Waals surface area contributed by atoms with Crippen LogP contribution in [0.4, 0.5) is 18.9 Å². The molecule has 8 heteroatoms. The minimum absolute atomic E-state index is 0.0851. The average molecular weight is 325 g/mol. The van der Waals surface area contributed by atoms with Crippen LogP contribution in [0, 0.1) is 10.1 Å². The van der Waals surface area contributed by atoms with Gasteiger partial charge in [-0.3, -0.25) is 10.1 Å². The number of nitro groups is 1. The lowest BCUT2D eigenvalue weighted by atomic mass is 9.96. The second-order valence-electron chi connectivity index (χ2n) is 4.52. The molecule has 0 aliphatic carbocycles. The Labute approximate surface area is 128 Å². The Balaban J connectivity index is 2.65. The summed E-state index contributed by atoms with van der Waals surface area (Å²) in [6.45, 7) is 0. The van der Waals surface area contributed by atoms with Crippen molar-refractivity contribution in [2.45, 2.75) is 6.18 Å². The molecule has 0 radical (unpaired) electrons. The van der Waals surface area contributed by atoms with Crippen molar-refractivity contribution in [2.24, 2.45) is 0 Å². The number of esters is 1. The first-order valence-electron chi connectivity index (χ1n) is 6.29. The van der Waals surface area contributed by atoms with Crippen molar-refractivity contribution in [3.8, 4) is 11.1 Å². The molecule has 0 aromatic heterocycles. The number of nitrogens with zero attached hydrogens (tertiary/aromatic N) is 1. The van der Waals surface area contributed by atoms with Gasteiger partial charge < -0.3 is 4.74 Å². The summed E-state index contributed by atoms with van der Waals surface area (Å²) in [5, 5.41) is 11.2. The fourth-order valence-electron chi connectivity index (χ4n) is 2.10. The fraction of sp³-hybridized carbons (Fsp3) is 0.133. The number of ether oxygens (including phenoxy) is 1. The van der Waals surface area contributed by atoms with Crippen LogP contribution in [0.2, 0.25) is 0 Å². The van der Waals surface area contributed by atoms with Gasteiger partial charge in [-0.05, 0) is 23.8 Å². The molecule has 23 heavy (non-hydrogen) atoms. The zero-order valence-electron chi connectivity index (χ0n) is 11.8. The first-order valence-corrected chi connectivity index (χ1v) is 6.29. The summed E-state index contributed by atoms with van der Waals surface area (Å²) in [5.74, 6) is -0.816. The smallest absolute Gasteiger partial charge is 0.416 e. The lowest BCUT2D eigenvalue weighted by Crippen LogP contribution is -2.07. The number of hydrogen-bond acceptors (Lipinski definition) is 4. The zero-order chi connectivity index (χ0) is 17.2. The highest BCUT2D eigenvalue weighted by molar-refractivity contribution is 6.00. The third-order valence-corrected chi connectivity index (χ3v) is 3.15. The molecule has 0 N–H and O–H groups in total. The number of benzene rings is 2. The van der Waals surface area contributed by atoms with Crippen LogP contribution in [0.3, 0.4) is 0 Å². The van der Waals surface area contributed by atoms with E-state index in [4.69, 9.17) is 0 Å². The van der Waals surface area contributed by atoms with Gasteiger partial charge in [-0.2, -0.15) is 13.2 Å². The first kappa shape index (κ1) is 16.5. The van der Waals surface area contributed by atoms with Crippen molar-refractivity contribution >= 4 is 11.7 Å². The van der Waals surface area contributed by atoms with Gasteiger partial charge in [-0.25, -0.2) is 4.79 Å². The molecule has 0 spiro atoms. The molecule has 0 saturated carbocycles. The molecule has 0 bridgehead atoms. The van der Waals surface area contributed by atoms with Crippen molar-refractivity contribution in [1.82, 2.24) is 0 Å². The van der Waals surface area contributed by atoms with E-state index in [1.165, 1.54) is 18.2 Å². The van der Waals surface area contributed by atoms with E-state index in [2.05, 4.69) is 4.74 Å². The van der Waals surface area contributed by atoms with Crippen LogP contribution < -0.4 is 0 Å². The molecule has 5 nitrogen and oxygen atoms in total. The molecule has 0 atom stereocenters. The van der Waals surface area contributed by atoms with E-state index in [1.807, 2.05) is 0 Å². The van der Waals surface area contributed by atoms with Crippen molar-refractivity contribution in [2.75, 3.05) is 7.11 Å². The lowest BCUT2D eigenvalue weighted by Gasteiger charge is -2.11. The van der Waals surface area contributed by atoms with E-state index in [1.54, 1.807) is 0 Å². The maximum absolute atomic E-state index is 12.6. The van der Waals surface area contributed by atoms with Crippen LogP contribution in [0.25, 0.3) is 11.1 Å². The monoisotopic (exact) mass is 325 g/mol. The summed E-state index contributed by atoms with van der Waals surface area (Å²) in [4.78, 5) is 22.2. The largest absolute Gasteiger partial charge is 0.465 e. The molecule has 0 aliphatic heterocycles.